The Morgan fingerprint density at radius 2 is 2.00 bits per heavy atom. The van der Waals surface area contributed by atoms with Crippen LogP contribution < -0.4 is 0 Å². The van der Waals surface area contributed by atoms with Gasteiger partial charge in [0.2, 0.25) is 9.84 Å². The van der Waals surface area contributed by atoms with Crippen LogP contribution in [0, 0.1) is 5.82 Å². The third kappa shape index (κ3) is 1.09. The van der Waals surface area contributed by atoms with Gasteiger partial charge in [0, 0.05) is 0 Å². The second kappa shape index (κ2) is 2.75. The Labute approximate surface area is 79.8 Å². The molecule has 14 heavy (non-hydrogen) atoms. The Morgan fingerprint density at radius 3 is 2.64 bits per heavy atom. The summed E-state index contributed by atoms with van der Waals surface area (Å²) < 4.78 is 35.7. The molecule has 1 heterocycles. The van der Waals surface area contributed by atoms with Gasteiger partial charge in [-0.15, -0.1) is 0 Å². The van der Waals surface area contributed by atoms with Crippen LogP contribution in [0.1, 0.15) is 5.56 Å². The van der Waals surface area contributed by atoms with Crippen LogP contribution in [0.4, 0.5) is 4.39 Å². The number of benzene rings is 1. The summed E-state index contributed by atoms with van der Waals surface area (Å²) in [6.45, 7) is 0. The zero-order valence-electron chi connectivity index (χ0n) is 6.90. The maximum absolute atomic E-state index is 12.7. The molecular formula is C9H5FO3S. The van der Waals surface area contributed by atoms with Crippen molar-refractivity contribution in [2.24, 2.45) is 0 Å². The van der Waals surface area contributed by atoms with E-state index < -0.39 is 15.7 Å². The van der Waals surface area contributed by atoms with E-state index in [1.165, 1.54) is 6.08 Å². The molecule has 0 amide bonds. The first-order chi connectivity index (χ1) is 6.55. The summed E-state index contributed by atoms with van der Waals surface area (Å²) in [5.74, 6) is -0.526. The van der Waals surface area contributed by atoms with Crippen molar-refractivity contribution in [1.29, 1.82) is 0 Å². The van der Waals surface area contributed by atoms with Crippen LogP contribution in [0.5, 0.6) is 0 Å². The minimum Gasteiger partial charge on any atom is -0.297 e. The summed E-state index contributed by atoms with van der Waals surface area (Å²) in [7, 11) is -3.69. The average molecular weight is 212 g/mol. The number of allylic oxidation sites excluding steroid dienone is 1. The fourth-order valence-electron chi connectivity index (χ4n) is 1.33. The quantitative estimate of drug-likeness (QED) is 0.518. The standard InChI is InChI=1S/C9H5FO3S/c10-7-1-2-9-6(3-7)4-8(5-11)14(9,12)13/h1-5H. The van der Waals surface area contributed by atoms with Gasteiger partial charge in [-0.2, -0.15) is 0 Å². The molecule has 1 aromatic carbocycles. The van der Waals surface area contributed by atoms with Gasteiger partial charge in [-0.3, -0.25) is 4.79 Å². The Morgan fingerprint density at radius 1 is 1.29 bits per heavy atom. The molecule has 0 fully saturated rings. The van der Waals surface area contributed by atoms with E-state index in [2.05, 4.69) is 0 Å². The number of halogens is 1. The van der Waals surface area contributed by atoms with E-state index in [1.807, 2.05) is 0 Å². The van der Waals surface area contributed by atoms with Crippen molar-refractivity contribution in [3.05, 3.63) is 34.5 Å². The predicted octanol–water partition coefficient (Wildman–Crippen LogP) is 1.15. The van der Waals surface area contributed by atoms with Gasteiger partial charge in [0.15, 0.2) is 6.29 Å². The lowest BCUT2D eigenvalue weighted by Gasteiger charge is -1.97. The zero-order chi connectivity index (χ0) is 10.3. The van der Waals surface area contributed by atoms with Gasteiger partial charge < -0.3 is 0 Å². The molecular weight excluding hydrogens is 207 g/mol. The van der Waals surface area contributed by atoms with Crippen LogP contribution in [-0.2, 0) is 14.6 Å². The normalized spacial score (nSPS) is 17.4. The van der Waals surface area contributed by atoms with Gasteiger partial charge in [0.1, 0.15) is 10.7 Å². The third-order valence-corrected chi connectivity index (χ3v) is 3.77. The Balaban J connectivity index is 2.77. The van der Waals surface area contributed by atoms with E-state index in [-0.39, 0.29) is 21.7 Å². The molecule has 0 atom stereocenters. The molecule has 0 saturated heterocycles. The number of carbonyl (C=O) groups excluding carboxylic acids is 1. The maximum atomic E-state index is 12.7. The van der Waals surface area contributed by atoms with Gasteiger partial charge in [-0.1, -0.05) is 0 Å². The lowest BCUT2D eigenvalue weighted by molar-refractivity contribution is -0.104. The molecule has 0 saturated carbocycles. The van der Waals surface area contributed by atoms with Crippen LogP contribution >= 0.6 is 0 Å². The summed E-state index contributed by atoms with van der Waals surface area (Å²) in [5, 5.41) is 0. The van der Waals surface area contributed by atoms with Crippen molar-refractivity contribution < 1.29 is 17.6 Å². The van der Waals surface area contributed by atoms with Gasteiger partial charge in [-0.05, 0) is 29.8 Å². The first-order valence-electron chi connectivity index (χ1n) is 3.77. The Kier molecular flexibility index (Phi) is 1.78. The smallest absolute Gasteiger partial charge is 0.210 e. The highest BCUT2D eigenvalue weighted by atomic mass is 32.2. The molecule has 0 N–H and O–H groups in total. The second-order valence-electron chi connectivity index (χ2n) is 2.85. The molecule has 1 aromatic rings. The molecule has 0 spiro atoms. The SMILES string of the molecule is O=CC1=Cc2cc(F)ccc2S1(=O)=O. The molecule has 3 nitrogen and oxygen atoms in total. The summed E-state index contributed by atoms with van der Waals surface area (Å²) in [6.07, 6.45) is 1.42. The first kappa shape index (κ1) is 9.08. The molecule has 0 unspecified atom stereocenters. The van der Waals surface area contributed by atoms with Crippen LogP contribution in [0.3, 0.4) is 0 Å². The fourth-order valence-corrected chi connectivity index (χ4v) is 2.67. The monoisotopic (exact) mass is 212 g/mol. The number of rotatable bonds is 1. The number of aldehydes is 1. The average Bonchev–Trinajstić information content (AvgIpc) is 2.37. The van der Waals surface area contributed by atoms with Crippen molar-refractivity contribution in [3.63, 3.8) is 0 Å². The number of hydrogen-bond donors (Lipinski definition) is 0. The minimum absolute atomic E-state index is 0.0130. The van der Waals surface area contributed by atoms with E-state index in [9.17, 15) is 17.6 Å². The van der Waals surface area contributed by atoms with Crippen LogP contribution in [-0.4, -0.2) is 14.7 Å². The Bertz CT molecular complexity index is 543. The number of hydrogen-bond acceptors (Lipinski definition) is 3. The van der Waals surface area contributed by atoms with Crippen LogP contribution in [0.2, 0.25) is 0 Å². The molecule has 1 aliphatic rings. The molecule has 0 aromatic heterocycles. The van der Waals surface area contributed by atoms with Gasteiger partial charge >= 0.3 is 0 Å². The van der Waals surface area contributed by atoms with Crippen LogP contribution in [0.15, 0.2) is 28.0 Å². The van der Waals surface area contributed by atoms with E-state index >= 15 is 0 Å². The first-order valence-corrected chi connectivity index (χ1v) is 5.25. The summed E-state index contributed by atoms with van der Waals surface area (Å²) in [4.78, 5) is 10.1. The topological polar surface area (TPSA) is 51.2 Å². The molecule has 1 aliphatic heterocycles. The van der Waals surface area contributed by atoms with Crippen molar-refractivity contribution in [2.45, 2.75) is 4.90 Å². The highest BCUT2D eigenvalue weighted by molar-refractivity contribution is 7.96. The zero-order valence-corrected chi connectivity index (χ0v) is 7.71. The molecule has 2 rings (SSSR count). The van der Waals surface area contributed by atoms with E-state index in [0.717, 1.165) is 18.2 Å². The third-order valence-electron chi connectivity index (χ3n) is 1.99. The van der Waals surface area contributed by atoms with E-state index in [1.54, 1.807) is 0 Å². The van der Waals surface area contributed by atoms with Gasteiger partial charge in [-0.25, -0.2) is 12.8 Å². The van der Waals surface area contributed by atoms with Crippen LogP contribution in [0.25, 0.3) is 6.08 Å². The summed E-state index contributed by atoms with van der Waals surface area (Å²) in [6, 6.07) is 3.30. The van der Waals surface area contributed by atoms with E-state index in [4.69, 9.17) is 0 Å². The van der Waals surface area contributed by atoms with Crippen molar-refractivity contribution >= 4 is 22.2 Å². The highest BCUT2D eigenvalue weighted by Crippen LogP contribution is 2.31. The largest absolute Gasteiger partial charge is 0.297 e. The molecule has 0 bridgehead atoms. The maximum Gasteiger partial charge on any atom is 0.210 e. The molecule has 72 valence electrons. The predicted molar refractivity (Wildman–Crippen MR) is 47.6 cm³/mol. The highest BCUT2D eigenvalue weighted by Gasteiger charge is 2.29. The van der Waals surface area contributed by atoms with Gasteiger partial charge in [0.05, 0.1) is 4.90 Å². The van der Waals surface area contributed by atoms with E-state index in [0.29, 0.717) is 0 Å². The number of sulfone groups is 1. The lowest BCUT2D eigenvalue weighted by Crippen LogP contribution is -2.01. The summed E-state index contributed by atoms with van der Waals surface area (Å²) >= 11 is 0. The number of fused-ring (bicyclic) bond motifs is 1. The second-order valence-corrected chi connectivity index (χ2v) is 4.77. The van der Waals surface area contributed by atoms with Crippen molar-refractivity contribution in [2.75, 3.05) is 0 Å². The molecule has 0 radical (unpaired) electrons. The lowest BCUT2D eigenvalue weighted by atomic mass is 10.2. The van der Waals surface area contributed by atoms with Gasteiger partial charge in [0.25, 0.3) is 0 Å². The van der Waals surface area contributed by atoms with Crippen molar-refractivity contribution in [1.82, 2.24) is 0 Å². The Hall–Kier alpha value is -1.49. The molecule has 5 heteroatoms. The van der Waals surface area contributed by atoms with Crippen molar-refractivity contribution in [3.8, 4) is 0 Å². The number of carbonyl (C=O) groups is 1. The molecule has 0 aliphatic carbocycles. The summed E-state index contributed by atoms with van der Waals surface area (Å²) in [5.41, 5.74) is 0.229. The fraction of sp³-hybridized carbons (Fsp3) is 0. The minimum atomic E-state index is -3.69.